The van der Waals surface area contributed by atoms with Gasteiger partial charge in [-0.1, -0.05) is 13.3 Å². The van der Waals surface area contributed by atoms with Crippen molar-refractivity contribution in [1.82, 2.24) is 19.9 Å². The number of fused-ring (bicyclic) bond motifs is 1. The van der Waals surface area contributed by atoms with Gasteiger partial charge in [-0.15, -0.1) is 0 Å². The van der Waals surface area contributed by atoms with Crippen molar-refractivity contribution in [3.05, 3.63) is 24.2 Å². The standard InChI is InChI=1S/C17H24N4/c1-2-7-17(8-11-18-12-9-17)16-20-14-4-3-10-19-15(14)21(16)13-5-6-13/h3-4,10,13,18H,2,5-9,11-12H2,1H3. The second-order valence-corrected chi connectivity index (χ2v) is 6.66. The number of nitrogens with one attached hydrogen (secondary N) is 1. The fourth-order valence-electron chi connectivity index (χ4n) is 3.95. The highest BCUT2D eigenvalue weighted by Crippen LogP contribution is 2.45. The van der Waals surface area contributed by atoms with Crippen LogP contribution in [0.3, 0.4) is 0 Å². The average molecular weight is 284 g/mol. The first-order chi connectivity index (χ1) is 10.3. The monoisotopic (exact) mass is 284 g/mol. The van der Waals surface area contributed by atoms with Crippen LogP contribution in [0.25, 0.3) is 11.2 Å². The molecule has 0 aromatic carbocycles. The van der Waals surface area contributed by atoms with E-state index in [2.05, 4.69) is 27.9 Å². The minimum Gasteiger partial charge on any atom is -0.317 e. The molecule has 1 aliphatic carbocycles. The van der Waals surface area contributed by atoms with Crippen LogP contribution in [-0.4, -0.2) is 27.6 Å². The summed E-state index contributed by atoms with van der Waals surface area (Å²) in [7, 11) is 0. The summed E-state index contributed by atoms with van der Waals surface area (Å²) >= 11 is 0. The summed E-state index contributed by atoms with van der Waals surface area (Å²) in [4.78, 5) is 9.70. The lowest BCUT2D eigenvalue weighted by Crippen LogP contribution is -2.41. The predicted octanol–water partition coefficient (Wildman–Crippen LogP) is 3.19. The summed E-state index contributed by atoms with van der Waals surface area (Å²) in [6.45, 7) is 4.52. The molecule has 1 aliphatic heterocycles. The molecular weight excluding hydrogens is 260 g/mol. The Bertz CT molecular complexity index is 630. The Kier molecular flexibility index (Phi) is 3.21. The third kappa shape index (κ3) is 2.16. The van der Waals surface area contributed by atoms with E-state index >= 15 is 0 Å². The number of hydrogen-bond donors (Lipinski definition) is 1. The molecular formula is C17H24N4. The molecule has 3 heterocycles. The zero-order valence-electron chi connectivity index (χ0n) is 12.8. The van der Waals surface area contributed by atoms with Gasteiger partial charge in [0.15, 0.2) is 5.65 Å². The fraction of sp³-hybridized carbons (Fsp3) is 0.647. The Morgan fingerprint density at radius 2 is 2.14 bits per heavy atom. The highest BCUT2D eigenvalue weighted by Gasteiger charge is 2.41. The van der Waals surface area contributed by atoms with Crippen LogP contribution in [0.2, 0.25) is 0 Å². The van der Waals surface area contributed by atoms with Gasteiger partial charge in [0, 0.05) is 17.7 Å². The van der Waals surface area contributed by atoms with Gasteiger partial charge in [0.25, 0.3) is 0 Å². The van der Waals surface area contributed by atoms with E-state index in [9.17, 15) is 0 Å². The molecule has 0 bridgehead atoms. The summed E-state index contributed by atoms with van der Waals surface area (Å²) in [5, 5.41) is 3.51. The lowest BCUT2D eigenvalue weighted by Gasteiger charge is -2.37. The Labute approximate surface area is 126 Å². The summed E-state index contributed by atoms with van der Waals surface area (Å²) in [6.07, 6.45) is 9.35. The highest BCUT2D eigenvalue weighted by molar-refractivity contribution is 5.72. The van der Waals surface area contributed by atoms with Crippen LogP contribution in [-0.2, 0) is 5.41 Å². The molecule has 0 atom stereocenters. The molecule has 4 heteroatoms. The van der Waals surface area contributed by atoms with E-state index in [-0.39, 0.29) is 5.41 Å². The second-order valence-electron chi connectivity index (χ2n) is 6.66. The van der Waals surface area contributed by atoms with E-state index in [4.69, 9.17) is 4.98 Å². The van der Waals surface area contributed by atoms with Crippen molar-refractivity contribution in [3.63, 3.8) is 0 Å². The number of piperidine rings is 1. The number of hydrogen-bond acceptors (Lipinski definition) is 3. The van der Waals surface area contributed by atoms with Gasteiger partial charge in [-0.3, -0.25) is 0 Å². The summed E-state index contributed by atoms with van der Waals surface area (Å²) in [5.41, 5.74) is 2.43. The smallest absolute Gasteiger partial charge is 0.160 e. The van der Waals surface area contributed by atoms with Crippen LogP contribution in [0, 0.1) is 0 Å². The molecule has 2 aromatic rings. The van der Waals surface area contributed by atoms with Crippen molar-refractivity contribution in [2.75, 3.05) is 13.1 Å². The van der Waals surface area contributed by atoms with Gasteiger partial charge in [-0.05, 0) is 57.3 Å². The van der Waals surface area contributed by atoms with E-state index < -0.39 is 0 Å². The maximum atomic E-state index is 5.06. The van der Waals surface area contributed by atoms with Gasteiger partial charge in [0.2, 0.25) is 0 Å². The topological polar surface area (TPSA) is 42.7 Å². The SMILES string of the molecule is CCCC1(c2nc3cccnc3n2C2CC2)CCNCC1. The number of aromatic nitrogens is 3. The molecule has 1 N–H and O–H groups in total. The predicted molar refractivity (Wildman–Crippen MR) is 84.5 cm³/mol. The van der Waals surface area contributed by atoms with Crippen LogP contribution in [0.15, 0.2) is 18.3 Å². The minimum atomic E-state index is 0.253. The van der Waals surface area contributed by atoms with E-state index in [0.29, 0.717) is 6.04 Å². The van der Waals surface area contributed by atoms with Crippen molar-refractivity contribution < 1.29 is 0 Å². The van der Waals surface area contributed by atoms with Crippen LogP contribution < -0.4 is 5.32 Å². The molecule has 0 amide bonds. The molecule has 0 unspecified atom stereocenters. The molecule has 2 aliphatic rings. The Hall–Kier alpha value is -1.42. The molecule has 112 valence electrons. The minimum absolute atomic E-state index is 0.253. The van der Waals surface area contributed by atoms with Gasteiger partial charge in [-0.2, -0.15) is 0 Å². The zero-order valence-corrected chi connectivity index (χ0v) is 12.8. The molecule has 0 radical (unpaired) electrons. The van der Waals surface area contributed by atoms with Crippen LogP contribution in [0.4, 0.5) is 0 Å². The zero-order chi connectivity index (χ0) is 14.3. The molecule has 4 rings (SSSR count). The average Bonchev–Trinajstić information content (AvgIpc) is 3.28. The van der Waals surface area contributed by atoms with Gasteiger partial charge in [0.1, 0.15) is 11.3 Å². The summed E-state index contributed by atoms with van der Waals surface area (Å²) in [6, 6.07) is 4.76. The summed E-state index contributed by atoms with van der Waals surface area (Å²) in [5.74, 6) is 1.32. The Morgan fingerprint density at radius 3 is 2.86 bits per heavy atom. The molecule has 2 aromatic heterocycles. The Morgan fingerprint density at radius 1 is 1.33 bits per heavy atom. The van der Waals surface area contributed by atoms with Crippen molar-refractivity contribution in [2.24, 2.45) is 0 Å². The van der Waals surface area contributed by atoms with Crippen molar-refractivity contribution in [3.8, 4) is 0 Å². The van der Waals surface area contributed by atoms with Crippen LogP contribution in [0.5, 0.6) is 0 Å². The van der Waals surface area contributed by atoms with Gasteiger partial charge < -0.3 is 9.88 Å². The molecule has 21 heavy (non-hydrogen) atoms. The Balaban J connectivity index is 1.89. The second kappa shape index (κ2) is 5.09. The number of nitrogens with zero attached hydrogens (tertiary/aromatic N) is 3. The van der Waals surface area contributed by atoms with Crippen molar-refractivity contribution >= 4 is 11.2 Å². The molecule has 4 nitrogen and oxygen atoms in total. The van der Waals surface area contributed by atoms with Gasteiger partial charge in [-0.25, -0.2) is 9.97 Å². The largest absolute Gasteiger partial charge is 0.317 e. The lowest BCUT2D eigenvalue weighted by molar-refractivity contribution is 0.263. The first kappa shape index (κ1) is 13.3. The maximum Gasteiger partial charge on any atom is 0.160 e. The number of pyridine rings is 1. The van der Waals surface area contributed by atoms with E-state index in [1.807, 2.05) is 12.3 Å². The lowest BCUT2D eigenvalue weighted by atomic mass is 9.74. The third-order valence-corrected chi connectivity index (χ3v) is 5.12. The third-order valence-electron chi connectivity index (χ3n) is 5.12. The number of rotatable bonds is 4. The quantitative estimate of drug-likeness (QED) is 0.937. The van der Waals surface area contributed by atoms with Crippen molar-refractivity contribution in [2.45, 2.75) is 56.9 Å². The molecule has 1 saturated heterocycles. The summed E-state index contributed by atoms with van der Waals surface area (Å²) < 4.78 is 2.48. The number of imidazole rings is 1. The maximum absolute atomic E-state index is 5.06. The van der Waals surface area contributed by atoms with E-state index in [1.165, 1.54) is 44.3 Å². The first-order valence-electron chi connectivity index (χ1n) is 8.38. The van der Waals surface area contributed by atoms with Gasteiger partial charge in [0.05, 0.1) is 0 Å². The normalized spacial score (nSPS) is 21.8. The molecule has 0 spiro atoms. The van der Waals surface area contributed by atoms with E-state index in [1.54, 1.807) is 0 Å². The van der Waals surface area contributed by atoms with E-state index in [0.717, 1.165) is 24.3 Å². The fourth-order valence-corrected chi connectivity index (χ4v) is 3.95. The highest BCUT2D eigenvalue weighted by atomic mass is 15.2. The van der Waals surface area contributed by atoms with Gasteiger partial charge >= 0.3 is 0 Å². The molecule has 1 saturated carbocycles. The van der Waals surface area contributed by atoms with Crippen LogP contribution in [0.1, 0.15) is 57.3 Å². The first-order valence-corrected chi connectivity index (χ1v) is 8.38. The van der Waals surface area contributed by atoms with Crippen molar-refractivity contribution in [1.29, 1.82) is 0 Å². The van der Waals surface area contributed by atoms with Crippen LogP contribution >= 0.6 is 0 Å². The molecule has 2 fully saturated rings.